The molecule has 0 aliphatic carbocycles. The van der Waals surface area contributed by atoms with Crippen LogP contribution in [0, 0.1) is 6.92 Å². The second kappa shape index (κ2) is 10.8. The summed E-state index contributed by atoms with van der Waals surface area (Å²) in [5.74, 6) is 1.19. The maximum Gasteiger partial charge on any atom is 0.251 e. The summed E-state index contributed by atoms with van der Waals surface area (Å²) in [5.41, 5.74) is 1.63. The van der Waals surface area contributed by atoms with E-state index in [9.17, 15) is 18.3 Å². The van der Waals surface area contributed by atoms with Gasteiger partial charge in [0, 0.05) is 24.7 Å². The molecule has 3 aromatic carbocycles. The lowest BCUT2D eigenvalue weighted by atomic mass is 10.1. The lowest BCUT2D eigenvalue weighted by Crippen LogP contribution is -2.35. The molecule has 0 aromatic heterocycles. The molecule has 1 unspecified atom stereocenters. The van der Waals surface area contributed by atoms with Crippen molar-refractivity contribution >= 4 is 15.9 Å². The SMILES string of the molecule is Cc1ccc(S(=O)(=O)NCc2ccccc2)cc1C(=O)NCC(O)COc1ccc2c(c1)OCO2. The first-order valence-corrected chi connectivity index (χ1v) is 12.4. The Bertz CT molecular complexity index is 1300. The highest BCUT2D eigenvalue weighted by Gasteiger charge is 2.19. The van der Waals surface area contributed by atoms with Crippen molar-refractivity contribution in [2.45, 2.75) is 24.5 Å². The zero-order valence-electron chi connectivity index (χ0n) is 19.1. The highest BCUT2D eigenvalue weighted by Crippen LogP contribution is 2.35. The number of amides is 1. The summed E-state index contributed by atoms with van der Waals surface area (Å²) in [6.45, 7) is 1.86. The number of aliphatic hydroxyl groups excluding tert-OH is 1. The summed E-state index contributed by atoms with van der Waals surface area (Å²) in [6.07, 6.45) is -0.982. The van der Waals surface area contributed by atoms with Crippen molar-refractivity contribution in [3.63, 3.8) is 0 Å². The molecule has 0 bridgehead atoms. The van der Waals surface area contributed by atoms with E-state index in [1.165, 1.54) is 12.1 Å². The van der Waals surface area contributed by atoms with Gasteiger partial charge in [-0.1, -0.05) is 36.4 Å². The highest BCUT2D eigenvalue weighted by molar-refractivity contribution is 7.89. The second-order valence-electron chi connectivity index (χ2n) is 7.98. The molecule has 3 N–H and O–H groups in total. The fraction of sp³-hybridized carbons (Fsp3) is 0.240. The minimum Gasteiger partial charge on any atom is -0.491 e. The van der Waals surface area contributed by atoms with E-state index in [0.717, 1.165) is 5.56 Å². The van der Waals surface area contributed by atoms with E-state index in [4.69, 9.17) is 14.2 Å². The molecule has 1 heterocycles. The fourth-order valence-electron chi connectivity index (χ4n) is 3.39. The molecule has 1 aliphatic heterocycles. The summed E-state index contributed by atoms with van der Waals surface area (Å²) in [4.78, 5) is 12.7. The Kier molecular flexibility index (Phi) is 7.54. The number of aryl methyl sites for hydroxylation is 1. The first kappa shape index (κ1) is 24.5. The van der Waals surface area contributed by atoms with Crippen molar-refractivity contribution in [1.29, 1.82) is 0 Å². The van der Waals surface area contributed by atoms with Crippen LogP contribution < -0.4 is 24.2 Å². The fourth-order valence-corrected chi connectivity index (χ4v) is 4.44. The van der Waals surface area contributed by atoms with Crippen LogP contribution in [0.5, 0.6) is 17.2 Å². The summed E-state index contributed by atoms with van der Waals surface area (Å²) >= 11 is 0. The minimum atomic E-state index is -3.82. The van der Waals surface area contributed by atoms with Crippen molar-refractivity contribution in [3.8, 4) is 17.2 Å². The summed E-state index contributed by atoms with van der Waals surface area (Å²) in [5, 5.41) is 12.9. The van der Waals surface area contributed by atoms with Crippen LogP contribution in [-0.2, 0) is 16.6 Å². The van der Waals surface area contributed by atoms with Gasteiger partial charge in [-0.3, -0.25) is 4.79 Å². The number of ether oxygens (including phenoxy) is 3. The van der Waals surface area contributed by atoms with Gasteiger partial charge in [-0.25, -0.2) is 13.1 Å². The zero-order valence-corrected chi connectivity index (χ0v) is 19.9. The molecule has 0 fully saturated rings. The van der Waals surface area contributed by atoms with Crippen LogP contribution in [0.4, 0.5) is 0 Å². The first-order chi connectivity index (χ1) is 16.8. The van der Waals surface area contributed by atoms with E-state index in [0.29, 0.717) is 22.8 Å². The molecular weight excluding hydrogens is 472 g/mol. The number of fused-ring (bicyclic) bond motifs is 1. The average Bonchev–Trinajstić information content (AvgIpc) is 3.33. The molecule has 10 heteroatoms. The molecule has 3 aromatic rings. The Labute approximate surface area is 203 Å². The number of hydrogen-bond acceptors (Lipinski definition) is 7. The van der Waals surface area contributed by atoms with Crippen molar-refractivity contribution in [2.24, 2.45) is 0 Å². The van der Waals surface area contributed by atoms with Crippen LogP contribution in [-0.4, -0.2) is 45.5 Å². The Hall–Kier alpha value is -3.60. The molecule has 9 nitrogen and oxygen atoms in total. The van der Waals surface area contributed by atoms with Gasteiger partial charge in [-0.2, -0.15) is 0 Å². The molecule has 4 rings (SSSR count). The van der Waals surface area contributed by atoms with Gasteiger partial charge < -0.3 is 24.6 Å². The van der Waals surface area contributed by atoms with Gasteiger partial charge in [0.25, 0.3) is 5.91 Å². The number of aliphatic hydroxyl groups is 1. The van der Waals surface area contributed by atoms with Gasteiger partial charge in [0.05, 0.1) is 4.90 Å². The Balaban J connectivity index is 1.32. The lowest BCUT2D eigenvalue weighted by Gasteiger charge is -2.15. The largest absolute Gasteiger partial charge is 0.491 e. The summed E-state index contributed by atoms with van der Waals surface area (Å²) in [6, 6.07) is 18.6. The van der Waals surface area contributed by atoms with E-state index in [2.05, 4.69) is 10.0 Å². The van der Waals surface area contributed by atoms with Gasteiger partial charge >= 0.3 is 0 Å². The van der Waals surface area contributed by atoms with Crippen molar-refractivity contribution < 1.29 is 32.5 Å². The van der Waals surface area contributed by atoms with Gasteiger partial charge in [0.1, 0.15) is 18.5 Å². The Morgan fingerprint density at radius 1 is 1.06 bits per heavy atom. The molecule has 0 spiro atoms. The molecule has 1 atom stereocenters. The van der Waals surface area contributed by atoms with E-state index < -0.39 is 22.0 Å². The van der Waals surface area contributed by atoms with Gasteiger partial charge in [-0.15, -0.1) is 0 Å². The quantitative estimate of drug-likeness (QED) is 0.392. The van der Waals surface area contributed by atoms with Gasteiger partial charge in [0.15, 0.2) is 11.5 Å². The number of nitrogens with one attached hydrogen (secondary N) is 2. The molecule has 0 saturated heterocycles. The number of rotatable bonds is 10. The molecule has 0 radical (unpaired) electrons. The van der Waals surface area contributed by atoms with Gasteiger partial charge in [0.2, 0.25) is 16.8 Å². The molecule has 184 valence electrons. The van der Waals surface area contributed by atoms with Crippen LogP contribution in [0.2, 0.25) is 0 Å². The standard InChI is InChI=1S/C25H26N2O7S/c1-17-7-9-21(35(30,31)27-13-18-5-3-2-4-6-18)12-22(17)25(29)26-14-19(28)15-32-20-8-10-23-24(11-20)34-16-33-23/h2-12,19,27-28H,13-16H2,1H3,(H,26,29). The monoisotopic (exact) mass is 498 g/mol. The first-order valence-electron chi connectivity index (χ1n) is 10.9. The van der Waals surface area contributed by atoms with Crippen LogP contribution in [0.3, 0.4) is 0 Å². The number of benzene rings is 3. The number of sulfonamides is 1. The molecule has 35 heavy (non-hydrogen) atoms. The average molecular weight is 499 g/mol. The number of carbonyl (C=O) groups is 1. The van der Waals surface area contributed by atoms with E-state index in [1.807, 2.05) is 30.3 Å². The normalized spacial score (nSPS) is 13.3. The van der Waals surface area contributed by atoms with E-state index in [-0.39, 0.29) is 36.9 Å². The molecule has 0 saturated carbocycles. The summed E-state index contributed by atoms with van der Waals surface area (Å²) in [7, 11) is -3.82. The Morgan fingerprint density at radius 2 is 1.83 bits per heavy atom. The maximum atomic E-state index is 12.7. The highest BCUT2D eigenvalue weighted by atomic mass is 32.2. The molecular formula is C25H26N2O7S. The van der Waals surface area contributed by atoms with Crippen LogP contribution in [0.25, 0.3) is 0 Å². The Morgan fingerprint density at radius 3 is 2.63 bits per heavy atom. The number of hydrogen-bond donors (Lipinski definition) is 3. The smallest absolute Gasteiger partial charge is 0.251 e. The zero-order chi connectivity index (χ0) is 24.8. The molecule has 1 aliphatic rings. The maximum absolute atomic E-state index is 12.7. The molecule has 1 amide bonds. The summed E-state index contributed by atoms with van der Waals surface area (Å²) < 4.78 is 44.1. The third-order valence-corrected chi connectivity index (χ3v) is 6.76. The van der Waals surface area contributed by atoms with Crippen molar-refractivity contribution in [3.05, 3.63) is 83.4 Å². The second-order valence-corrected chi connectivity index (χ2v) is 9.74. The predicted molar refractivity (Wildman–Crippen MR) is 128 cm³/mol. The van der Waals surface area contributed by atoms with Crippen molar-refractivity contribution in [1.82, 2.24) is 10.0 Å². The van der Waals surface area contributed by atoms with Gasteiger partial charge in [-0.05, 0) is 42.3 Å². The van der Waals surface area contributed by atoms with Crippen LogP contribution in [0.15, 0.2) is 71.6 Å². The number of carbonyl (C=O) groups excluding carboxylic acids is 1. The minimum absolute atomic E-state index is 0.0177. The lowest BCUT2D eigenvalue weighted by molar-refractivity contribution is 0.0843. The van der Waals surface area contributed by atoms with E-state index in [1.54, 1.807) is 31.2 Å². The van der Waals surface area contributed by atoms with Crippen LogP contribution in [0.1, 0.15) is 21.5 Å². The third-order valence-electron chi connectivity index (χ3n) is 5.36. The third kappa shape index (κ3) is 6.30. The van der Waals surface area contributed by atoms with E-state index >= 15 is 0 Å². The van der Waals surface area contributed by atoms with Crippen molar-refractivity contribution in [2.75, 3.05) is 19.9 Å². The predicted octanol–water partition coefficient (Wildman–Crippen LogP) is 2.37. The topological polar surface area (TPSA) is 123 Å². The van der Waals surface area contributed by atoms with Crippen LogP contribution >= 0.6 is 0 Å².